The van der Waals surface area contributed by atoms with Gasteiger partial charge in [-0.25, -0.2) is 4.98 Å². The first-order valence-corrected chi connectivity index (χ1v) is 6.31. The molecule has 1 aromatic heterocycles. The van der Waals surface area contributed by atoms with Crippen LogP contribution in [0.1, 0.15) is 26.3 Å². The zero-order valence-electron chi connectivity index (χ0n) is 11.2. The Morgan fingerprint density at radius 1 is 1.44 bits per heavy atom. The van der Waals surface area contributed by atoms with Gasteiger partial charge in [-0.1, -0.05) is 12.1 Å². The number of likely N-dealkylation sites (N-methyl/N-ethyl adjacent to an activating group) is 1. The summed E-state index contributed by atoms with van der Waals surface area (Å²) < 4.78 is 2.17. The lowest BCUT2D eigenvalue weighted by molar-refractivity contribution is 0.159. The maximum atomic E-state index is 9.46. The molecule has 2 rings (SSSR count). The molecular weight excluding hydrogens is 226 g/mol. The van der Waals surface area contributed by atoms with Gasteiger partial charge in [0.25, 0.3) is 0 Å². The van der Waals surface area contributed by atoms with Gasteiger partial charge < -0.3 is 15.0 Å². The van der Waals surface area contributed by atoms with Crippen molar-refractivity contribution in [3.63, 3.8) is 0 Å². The molecule has 2 aromatic rings. The lowest BCUT2D eigenvalue weighted by Gasteiger charge is -2.30. The minimum absolute atomic E-state index is 0.125. The van der Waals surface area contributed by atoms with E-state index in [0.29, 0.717) is 0 Å². The highest BCUT2D eigenvalue weighted by molar-refractivity contribution is 5.75. The Morgan fingerprint density at radius 2 is 2.17 bits per heavy atom. The lowest BCUT2D eigenvalue weighted by atomic mass is 9.94. The van der Waals surface area contributed by atoms with E-state index in [0.717, 1.165) is 17.5 Å². The molecule has 0 bridgehead atoms. The molecule has 0 amide bonds. The van der Waals surface area contributed by atoms with Crippen LogP contribution in [0.4, 0.5) is 0 Å². The SMILES string of the molecule is CNC(C)(CO)CC(C)n1cnc2ccccc21. The largest absolute Gasteiger partial charge is 0.394 e. The van der Waals surface area contributed by atoms with Crippen LogP contribution in [0, 0.1) is 0 Å². The van der Waals surface area contributed by atoms with Crippen molar-refractivity contribution in [2.24, 2.45) is 0 Å². The van der Waals surface area contributed by atoms with E-state index < -0.39 is 0 Å². The number of hydrogen-bond donors (Lipinski definition) is 2. The number of aromatic nitrogens is 2. The molecule has 1 heterocycles. The predicted octanol–water partition coefficient (Wildman–Crippen LogP) is 1.96. The van der Waals surface area contributed by atoms with Crippen molar-refractivity contribution < 1.29 is 5.11 Å². The van der Waals surface area contributed by atoms with Crippen molar-refractivity contribution in [2.45, 2.75) is 31.8 Å². The molecule has 0 radical (unpaired) electrons. The second-order valence-corrected chi connectivity index (χ2v) is 5.16. The smallest absolute Gasteiger partial charge is 0.0960 e. The number of fused-ring (bicyclic) bond motifs is 1. The molecule has 0 aliphatic carbocycles. The van der Waals surface area contributed by atoms with E-state index in [1.54, 1.807) is 0 Å². The van der Waals surface area contributed by atoms with Crippen LogP contribution in [-0.4, -0.2) is 33.9 Å². The Kier molecular flexibility index (Phi) is 3.68. The van der Waals surface area contributed by atoms with Gasteiger partial charge in [-0.05, 0) is 39.4 Å². The molecule has 2 unspecified atom stereocenters. The first kappa shape index (κ1) is 13.1. The molecule has 2 N–H and O–H groups in total. The van der Waals surface area contributed by atoms with E-state index in [2.05, 4.69) is 27.9 Å². The number of nitrogens with one attached hydrogen (secondary N) is 1. The standard InChI is InChI=1S/C14H21N3O/c1-11(8-14(2,9-18)15-3)17-10-16-12-6-4-5-7-13(12)17/h4-7,10-11,15,18H,8-9H2,1-3H3. The van der Waals surface area contributed by atoms with Crippen molar-refractivity contribution in [2.75, 3.05) is 13.7 Å². The van der Waals surface area contributed by atoms with E-state index in [1.807, 2.05) is 38.5 Å². The first-order valence-electron chi connectivity index (χ1n) is 6.31. The summed E-state index contributed by atoms with van der Waals surface area (Å²) in [6.45, 7) is 4.31. The summed E-state index contributed by atoms with van der Waals surface area (Å²) in [6.07, 6.45) is 2.73. The van der Waals surface area contributed by atoms with Crippen LogP contribution in [-0.2, 0) is 0 Å². The number of benzene rings is 1. The zero-order chi connectivity index (χ0) is 13.2. The number of aliphatic hydroxyl groups excluding tert-OH is 1. The minimum Gasteiger partial charge on any atom is -0.394 e. The highest BCUT2D eigenvalue weighted by atomic mass is 16.3. The van der Waals surface area contributed by atoms with Crippen molar-refractivity contribution in [3.8, 4) is 0 Å². The summed E-state index contributed by atoms with van der Waals surface area (Å²) in [4.78, 5) is 4.40. The molecule has 18 heavy (non-hydrogen) atoms. The van der Waals surface area contributed by atoms with E-state index in [4.69, 9.17) is 0 Å². The van der Waals surface area contributed by atoms with Gasteiger partial charge in [-0.15, -0.1) is 0 Å². The number of imidazole rings is 1. The third kappa shape index (κ3) is 2.40. The summed E-state index contributed by atoms with van der Waals surface area (Å²) in [6, 6.07) is 8.39. The Bertz CT molecular complexity index is 516. The Hall–Kier alpha value is -1.39. The fraction of sp³-hybridized carbons (Fsp3) is 0.500. The monoisotopic (exact) mass is 247 g/mol. The van der Waals surface area contributed by atoms with Gasteiger partial charge in [-0.2, -0.15) is 0 Å². The van der Waals surface area contributed by atoms with Crippen LogP contribution < -0.4 is 5.32 Å². The minimum atomic E-state index is -0.259. The van der Waals surface area contributed by atoms with Crippen molar-refractivity contribution in [3.05, 3.63) is 30.6 Å². The molecule has 98 valence electrons. The zero-order valence-corrected chi connectivity index (χ0v) is 11.2. The molecule has 4 nitrogen and oxygen atoms in total. The second kappa shape index (κ2) is 5.08. The summed E-state index contributed by atoms with van der Waals surface area (Å²) >= 11 is 0. The van der Waals surface area contributed by atoms with Crippen molar-refractivity contribution in [1.29, 1.82) is 0 Å². The van der Waals surface area contributed by atoms with Gasteiger partial charge in [0.2, 0.25) is 0 Å². The average Bonchev–Trinajstić information content (AvgIpc) is 2.82. The summed E-state index contributed by atoms with van der Waals surface area (Å²) in [5.41, 5.74) is 1.89. The summed E-state index contributed by atoms with van der Waals surface area (Å²) in [7, 11) is 1.88. The molecule has 4 heteroatoms. The quantitative estimate of drug-likeness (QED) is 0.849. The predicted molar refractivity (Wildman–Crippen MR) is 73.6 cm³/mol. The van der Waals surface area contributed by atoms with Gasteiger partial charge >= 0.3 is 0 Å². The van der Waals surface area contributed by atoms with E-state index in [9.17, 15) is 5.11 Å². The van der Waals surface area contributed by atoms with Crippen LogP contribution in [0.25, 0.3) is 11.0 Å². The fourth-order valence-corrected chi connectivity index (χ4v) is 2.33. The molecule has 1 aromatic carbocycles. The van der Waals surface area contributed by atoms with Crippen LogP contribution in [0.5, 0.6) is 0 Å². The van der Waals surface area contributed by atoms with Gasteiger partial charge in [0.15, 0.2) is 0 Å². The highest BCUT2D eigenvalue weighted by Gasteiger charge is 2.24. The maximum absolute atomic E-state index is 9.46. The Labute approximate surface area is 108 Å². The van der Waals surface area contributed by atoms with E-state index in [-0.39, 0.29) is 18.2 Å². The average molecular weight is 247 g/mol. The number of hydrogen-bond acceptors (Lipinski definition) is 3. The van der Waals surface area contributed by atoms with Gasteiger partial charge in [0, 0.05) is 11.6 Å². The van der Waals surface area contributed by atoms with Crippen LogP contribution in [0.15, 0.2) is 30.6 Å². The molecular formula is C14H21N3O. The molecule has 2 atom stereocenters. The number of nitrogens with zero attached hydrogens (tertiary/aromatic N) is 2. The molecule has 0 fully saturated rings. The van der Waals surface area contributed by atoms with Gasteiger partial charge in [-0.3, -0.25) is 0 Å². The first-order chi connectivity index (χ1) is 8.59. The van der Waals surface area contributed by atoms with Crippen molar-refractivity contribution in [1.82, 2.24) is 14.9 Å². The number of rotatable bonds is 5. The highest BCUT2D eigenvalue weighted by Crippen LogP contribution is 2.24. The second-order valence-electron chi connectivity index (χ2n) is 5.16. The van der Waals surface area contributed by atoms with Crippen LogP contribution in [0.3, 0.4) is 0 Å². The fourth-order valence-electron chi connectivity index (χ4n) is 2.33. The maximum Gasteiger partial charge on any atom is 0.0960 e. The van der Waals surface area contributed by atoms with Gasteiger partial charge in [0.05, 0.1) is 24.0 Å². The molecule has 0 spiro atoms. The van der Waals surface area contributed by atoms with E-state index in [1.165, 1.54) is 0 Å². The number of para-hydroxylation sites is 2. The molecule has 0 aliphatic heterocycles. The van der Waals surface area contributed by atoms with Crippen LogP contribution >= 0.6 is 0 Å². The molecule has 0 saturated heterocycles. The summed E-state index contributed by atoms with van der Waals surface area (Å²) in [5.74, 6) is 0. The molecule has 0 aliphatic rings. The topological polar surface area (TPSA) is 50.1 Å². The Morgan fingerprint density at radius 3 is 2.83 bits per heavy atom. The lowest BCUT2D eigenvalue weighted by Crippen LogP contribution is -2.44. The normalized spacial score (nSPS) is 16.7. The number of aliphatic hydroxyl groups is 1. The Balaban J connectivity index is 2.26. The van der Waals surface area contributed by atoms with E-state index >= 15 is 0 Å². The van der Waals surface area contributed by atoms with Crippen molar-refractivity contribution >= 4 is 11.0 Å². The van der Waals surface area contributed by atoms with Gasteiger partial charge in [0.1, 0.15) is 0 Å². The third-order valence-corrected chi connectivity index (χ3v) is 3.65. The summed E-state index contributed by atoms with van der Waals surface area (Å²) in [5, 5.41) is 12.6. The molecule has 0 saturated carbocycles. The third-order valence-electron chi connectivity index (χ3n) is 3.65. The van der Waals surface area contributed by atoms with Crippen LogP contribution in [0.2, 0.25) is 0 Å².